The monoisotopic (exact) mass is 316 g/mol. The molecule has 1 aliphatic carbocycles. The smallest absolute Gasteiger partial charge is 0.323 e. The first-order chi connectivity index (χ1) is 11.2. The Morgan fingerprint density at radius 3 is 2.61 bits per heavy atom. The topological polar surface area (TPSA) is 57.7 Å². The van der Waals surface area contributed by atoms with E-state index < -0.39 is 0 Å². The van der Waals surface area contributed by atoms with Crippen LogP contribution >= 0.6 is 0 Å². The van der Waals surface area contributed by atoms with Gasteiger partial charge in [0.15, 0.2) is 0 Å². The number of amides is 2. The zero-order valence-corrected chi connectivity index (χ0v) is 13.5. The lowest BCUT2D eigenvalue weighted by Crippen LogP contribution is -2.38. The first-order valence-corrected chi connectivity index (χ1v) is 8.59. The van der Waals surface area contributed by atoms with Gasteiger partial charge in [-0.1, -0.05) is 6.42 Å². The van der Waals surface area contributed by atoms with Crippen molar-refractivity contribution < 1.29 is 9.53 Å². The number of pyridine rings is 1. The van der Waals surface area contributed by atoms with E-state index >= 15 is 0 Å². The summed E-state index contributed by atoms with van der Waals surface area (Å²) in [5.74, 6) is 0.626. The van der Waals surface area contributed by atoms with Gasteiger partial charge < -0.3 is 14.5 Å². The molecule has 1 spiro atoms. The summed E-state index contributed by atoms with van der Waals surface area (Å²) in [6, 6.07) is 3.89. The van der Waals surface area contributed by atoms with E-state index in [1.807, 2.05) is 23.2 Å². The Bertz CT molecular complexity index is 564. The number of nitrogens with one attached hydrogen (secondary N) is 1. The minimum atomic E-state index is -0.0135. The Kier molecular flexibility index (Phi) is 3.85. The standard InChI is InChI=1S/C17H24N4O2/c22-16(21-7-6-17(13-21)4-1-5-17)19-15-3-2-14(12-18-15)20-8-10-23-11-9-20/h2-3,12H,1,4-11,13H2,(H,18,19,22). The molecule has 1 saturated carbocycles. The molecule has 4 rings (SSSR count). The molecule has 2 amide bonds. The van der Waals surface area contributed by atoms with E-state index in [0.29, 0.717) is 11.2 Å². The molecule has 0 radical (unpaired) electrons. The zero-order valence-electron chi connectivity index (χ0n) is 13.5. The van der Waals surface area contributed by atoms with Crippen LogP contribution in [0.5, 0.6) is 0 Å². The molecule has 1 N–H and O–H groups in total. The van der Waals surface area contributed by atoms with Gasteiger partial charge in [0, 0.05) is 26.2 Å². The Hall–Kier alpha value is -1.82. The van der Waals surface area contributed by atoms with Gasteiger partial charge in [-0.3, -0.25) is 5.32 Å². The summed E-state index contributed by atoms with van der Waals surface area (Å²) in [7, 11) is 0. The van der Waals surface area contributed by atoms with E-state index in [-0.39, 0.29) is 6.03 Å². The molecule has 0 bridgehead atoms. The molecule has 1 aromatic rings. The molecule has 124 valence electrons. The number of morpholine rings is 1. The van der Waals surface area contributed by atoms with Crippen LogP contribution in [0.3, 0.4) is 0 Å². The molecule has 3 fully saturated rings. The number of anilines is 2. The fourth-order valence-electron chi connectivity index (χ4n) is 3.85. The van der Waals surface area contributed by atoms with Crippen molar-refractivity contribution in [3.63, 3.8) is 0 Å². The molecule has 0 unspecified atom stereocenters. The SMILES string of the molecule is O=C(Nc1ccc(N2CCOCC2)cn1)N1CCC2(CCC2)C1. The number of urea groups is 1. The van der Waals surface area contributed by atoms with Crippen molar-refractivity contribution in [2.45, 2.75) is 25.7 Å². The van der Waals surface area contributed by atoms with Crippen LogP contribution in [-0.2, 0) is 4.74 Å². The predicted octanol–water partition coefficient (Wildman–Crippen LogP) is 2.33. The van der Waals surface area contributed by atoms with Crippen LogP contribution < -0.4 is 10.2 Å². The second-order valence-corrected chi connectivity index (χ2v) is 6.96. The molecule has 0 aromatic carbocycles. The van der Waals surface area contributed by atoms with E-state index in [2.05, 4.69) is 15.2 Å². The van der Waals surface area contributed by atoms with Gasteiger partial charge in [0.1, 0.15) is 5.82 Å². The van der Waals surface area contributed by atoms with Gasteiger partial charge in [-0.25, -0.2) is 9.78 Å². The Morgan fingerprint density at radius 1 is 1.17 bits per heavy atom. The van der Waals surface area contributed by atoms with Gasteiger partial charge in [0.05, 0.1) is 25.1 Å². The Morgan fingerprint density at radius 2 is 2.00 bits per heavy atom. The number of carbonyl (C=O) groups is 1. The summed E-state index contributed by atoms with van der Waals surface area (Å²) >= 11 is 0. The van der Waals surface area contributed by atoms with Gasteiger partial charge in [0.2, 0.25) is 0 Å². The maximum atomic E-state index is 12.4. The third kappa shape index (κ3) is 3.00. The third-order valence-corrected chi connectivity index (χ3v) is 5.50. The normalized spacial score (nSPS) is 23.0. The third-order valence-electron chi connectivity index (χ3n) is 5.50. The summed E-state index contributed by atoms with van der Waals surface area (Å²) in [5.41, 5.74) is 1.52. The van der Waals surface area contributed by atoms with E-state index in [9.17, 15) is 4.79 Å². The summed E-state index contributed by atoms with van der Waals surface area (Å²) in [5, 5.41) is 2.93. The van der Waals surface area contributed by atoms with Crippen LogP contribution in [0, 0.1) is 5.41 Å². The average Bonchev–Trinajstić information content (AvgIpc) is 3.03. The molecule has 3 heterocycles. The average molecular weight is 316 g/mol. The fourth-order valence-corrected chi connectivity index (χ4v) is 3.85. The fraction of sp³-hybridized carbons (Fsp3) is 0.647. The van der Waals surface area contributed by atoms with Crippen molar-refractivity contribution in [3.8, 4) is 0 Å². The first-order valence-electron chi connectivity index (χ1n) is 8.59. The van der Waals surface area contributed by atoms with Crippen molar-refractivity contribution in [1.82, 2.24) is 9.88 Å². The first kappa shape index (κ1) is 14.8. The molecule has 2 aliphatic heterocycles. The minimum Gasteiger partial charge on any atom is -0.378 e. The van der Waals surface area contributed by atoms with Gasteiger partial charge in [-0.05, 0) is 36.8 Å². The summed E-state index contributed by atoms with van der Waals surface area (Å²) in [6.45, 7) is 5.08. The van der Waals surface area contributed by atoms with Crippen LogP contribution in [-0.4, -0.2) is 55.3 Å². The maximum absolute atomic E-state index is 12.4. The summed E-state index contributed by atoms with van der Waals surface area (Å²) in [4.78, 5) is 21.0. The largest absolute Gasteiger partial charge is 0.378 e. The lowest BCUT2D eigenvalue weighted by Gasteiger charge is -2.37. The molecule has 6 nitrogen and oxygen atoms in total. The molecule has 3 aliphatic rings. The maximum Gasteiger partial charge on any atom is 0.323 e. The van der Waals surface area contributed by atoms with Crippen molar-refractivity contribution in [1.29, 1.82) is 0 Å². The highest BCUT2D eigenvalue weighted by Gasteiger charge is 2.44. The highest BCUT2D eigenvalue weighted by atomic mass is 16.5. The summed E-state index contributed by atoms with van der Waals surface area (Å²) in [6.07, 6.45) is 6.87. The van der Waals surface area contributed by atoms with Crippen LogP contribution in [0.15, 0.2) is 18.3 Å². The van der Waals surface area contributed by atoms with Gasteiger partial charge in [0.25, 0.3) is 0 Å². The molecule has 0 atom stereocenters. The lowest BCUT2D eigenvalue weighted by molar-refractivity contribution is 0.122. The quantitative estimate of drug-likeness (QED) is 0.910. The molecular formula is C17H24N4O2. The zero-order chi connectivity index (χ0) is 15.7. The van der Waals surface area contributed by atoms with Crippen molar-refractivity contribution in [2.75, 3.05) is 49.6 Å². The van der Waals surface area contributed by atoms with Crippen LogP contribution in [0.4, 0.5) is 16.3 Å². The molecule has 2 saturated heterocycles. The van der Waals surface area contributed by atoms with Crippen LogP contribution in [0.1, 0.15) is 25.7 Å². The minimum absolute atomic E-state index is 0.0135. The molecule has 23 heavy (non-hydrogen) atoms. The highest BCUT2D eigenvalue weighted by molar-refractivity contribution is 5.88. The van der Waals surface area contributed by atoms with Crippen molar-refractivity contribution >= 4 is 17.5 Å². The number of hydrogen-bond donors (Lipinski definition) is 1. The number of rotatable bonds is 2. The number of aromatic nitrogens is 1. The van der Waals surface area contributed by atoms with E-state index in [1.165, 1.54) is 19.3 Å². The van der Waals surface area contributed by atoms with Gasteiger partial charge in [-0.15, -0.1) is 0 Å². The predicted molar refractivity (Wildman–Crippen MR) is 88.8 cm³/mol. The van der Waals surface area contributed by atoms with Crippen LogP contribution in [0.25, 0.3) is 0 Å². The number of ether oxygens (including phenoxy) is 1. The second kappa shape index (κ2) is 6.00. The molecule has 6 heteroatoms. The second-order valence-electron chi connectivity index (χ2n) is 6.96. The summed E-state index contributed by atoms with van der Waals surface area (Å²) < 4.78 is 5.36. The van der Waals surface area contributed by atoms with Crippen molar-refractivity contribution in [2.24, 2.45) is 5.41 Å². The number of carbonyl (C=O) groups excluding carboxylic acids is 1. The van der Waals surface area contributed by atoms with E-state index in [4.69, 9.17) is 4.74 Å². The lowest BCUT2D eigenvalue weighted by atomic mass is 9.68. The highest BCUT2D eigenvalue weighted by Crippen LogP contribution is 2.47. The van der Waals surface area contributed by atoms with Gasteiger partial charge in [-0.2, -0.15) is 0 Å². The van der Waals surface area contributed by atoms with Crippen LogP contribution in [0.2, 0.25) is 0 Å². The van der Waals surface area contributed by atoms with Gasteiger partial charge >= 0.3 is 6.03 Å². The molecule has 1 aromatic heterocycles. The van der Waals surface area contributed by atoms with E-state index in [0.717, 1.165) is 51.5 Å². The number of nitrogens with zero attached hydrogens (tertiary/aromatic N) is 3. The van der Waals surface area contributed by atoms with Crippen molar-refractivity contribution in [3.05, 3.63) is 18.3 Å². The number of likely N-dealkylation sites (tertiary alicyclic amines) is 1. The Labute approximate surface area is 136 Å². The Balaban J connectivity index is 1.34. The van der Waals surface area contributed by atoms with E-state index in [1.54, 1.807) is 0 Å². The number of hydrogen-bond acceptors (Lipinski definition) is 4. The molecular weight excluding hydrogens is 292 g/mol.